The van der Waals surface area contributed by atoms with E-state index >= 15 is 0 Å². The average molecular weight is 274 g/mol. The van der Waals surface area contributed by atoms with Gasteiger partial charge in [-0.25, -0.2) is 0 Å². The summed E-state index contributed by atoms with van der Waals surface area (Å²) in [6.45, 7) is 0.472. The fourth-order valence-electron chi connectivity index (χ4n) is 2.05. The lowest BCUT2D eigenvalue weighted by Crippen LogP contribution is -2.36. The Morgan fingerprint density at radius 2 is 2.16 bits per heavy atom. The van der Waals surface area contributed by atoms with Crippen LogP contribution < -0.4 is 15.0 Å². The number of carbonyl (C=O) groups excluding carboxylic acids is 1. The van der Waals surface area contributed by atoms with E-state index in [1.165, 1.54) is 23.1 Å². The number of likely N-dealkylation sites (N-methyl/N-ethyl adjacent to an activating group) is 1. The quantitative estimate of drug-likeness (QED) is 0.915. The van der Waals surface area contributed by atoms with E-state index in [0.717, 1.165) is 0 Å². The second-order valence-electron chi connectivity index (χ2n) is 4.16. The molecule has 1 aliphatic rings. The molecule has 1 aromatic carbocycles. The molecule has 0 aromatic heterocycles. The molecule has 1 aliphatic heterocycles. The van der Waals surface area contributed by atoms with Crippen molar-refractivity contribution in [3.8, 4) is 5.75 Å². The Balaban J connectivity index is 2.18. The Kier molecular flexibility index (Phi) is 3.66. The number of ether oxygens (including phenoxy) is 1. The zero-order valence-electron chi connectivity index (χ0n) is 10.2. The number of alkyl halides is 3. The van der Waals surface area contributed by atoms with Crippen LogP contribution in [0.2, 0.25) is 0 Å². The Labute approximate surface area is 108 Å². The van der Waals surface area contributed by atoms with Gasteiger partial charge >= 0.3 is 6.36 Å². The van der Waals surface area contributed by atoms with Gasteiger partial charge < -0.3 is 15.0 Å². The molecule has 2 rings (SSSR count). The average Bonchev–Trinajstić information content (AvgIpc) is 2.68. The fourth-order valence-corrected chi connectivity index (χ4v) is 2.05. The number of anilines is 1. The number of hydrogen-bond donors (Lipinski definition) is 1. The lowest BCUT2D eigenvalue weighted by Gasteiger charge is -2.18. The molecular weight excluding hydrogens is 261 g/mol. The first-order chi connectivity index (χ1) is 8.90. The molecule has 104 valence electrons. The number of halogens is 3. The molecule has 0 bridgehead atoms. The zero-order valence-corrected chi connectivity index (χ0v) is 10.2. The summed E-state index contributed by atoms with van der Waals surface area (Å²) in [5.74, 6) is -0.475. The van der Waals surface area contributed by atoms with Crippen LogP contribution in [0.4, 0.5) is 18.9 Å². The number of amides is 1. The van der Waals surface area contributed by atoms with Crippen molar-refractivity contribution in [2.75, 3.05) is 18.5 Å². The SMILES string of the molecule is CN[C@@H]1CCN(c2cccc(OC(F)(F)F)c2)C1=O. The molecule has 0 radical (unpaired) electrons. The van der Waals surface area contributed by atoms with Gasteiger partial charge in [-0.3, -0.25) is 4.79 Å². The first-order valence-electron chi connectivity index (χ1n) is 5.75. The number of benzene rings is 1. The van der Waals surface area contributed by atoms with Crippen molar-refractivity contribution in [2.45, 2.75) is 18.8 Å². The molecule has 1 aromatic rings. The van der Waals surface area contributed by atoms with Gasteiger partial charge in [0.15, 0.2) is 0 Å². The molecule has 7 heteroatoms. The summed E-state index contributed by atoms with van der Waals surface area (Å²) in [4.78, 5) is 13.4. The summed E-state index contributed by atoms with van der Waals surface area (Å²) < 4.78 is 40.2. The standard InChI is InChI=1S/C12H13F3N2O2/c1-16-10-5-6-17(11(10)18)8-3-2-4-9(7-8)19-12(13,14)15/h2-4,7,10,16H,5-6H2,1H3/t10-/m1/s1. The molecule has 0 spiro atoms. The van der Waals surface area contributed by atoms with E-state index in [0.29, 0.717) is 18.7 Å². The van der Waals surface area contributed by atoms with Gasteiger partial charge in [0.25, 0.3) is 0 Å². The highest BCUT2D eigenvalue weighted by atomic mass is 19.4. The maximum Gasteiger partial charge on any atom is 0.573 e. The number of nitrogens with zero attached hydrogens (tertiary/aromatic N) is 1. The van der Waals surface area contributed by atoms with Crippen molar-refractivity contribution in [3.63, 3.8) is 0 Å². The van der Waals surface area contributed by atoms with Gasteiger partial charge in [0.05, 0.1) is 6.04 Å². The molecular formula is C12H13F3N2O2. The van der Waals surface area contributed by atoms with Crippen molar-refractivity contribution in [1.82, 2.24) is 5.32 Å². The van der Waals surface area contributed by atoms with Crippen LogP contribution in [-0.4, -0.2) is 31.9 Å². The minimum atomic E-state index is -4.73. The van der Waals surface area contributed by atoms with Gasteiger partial charge in [-0.15, -0.1) is 13.2 Å². The monoisotopic (exact) mass is 274 g/mol. The number of hydrogen-bond acceptors (Lipinski definition) is 3. The summed E-state index contributed by atoms with van der Waals surface area (Å²) in [6, 6.07) is 5.14. The van der Waals surface area contributed by atoms with Gasteiger partial charge in [0, 0.05) is 18.3 Å². The summed E-state index contributed by atoms with van der Waals surface area (Å²) in [7, 11) is 1.68. The second-order valence-corrected chi connectivity index (χ2v) is 4.16. The number of carbonyl (C=O) groups is 1. The Morgan fingerprint density at radius 3 is 2.74 bits per heavy atom. The van der Waals surface area contributed by atoms with Crippen LogP contribution >= 0.6 is 0 Å². The van der Waals surface area contributed by atoms with E-state index in [2.05, 4.69) is 10.1 Å². The van der Waals surface area contributed by atoms with Gasteiger partial charge in [-0.1, -0.05) is 6.07 Å². The zero-order chi connectivity index (χ0) is 14.0. The third-order valence-electron chi connectivity index (χ3n) is 2.92. The third-order valence-corrected chi connectivity index (χ3v) is 2.92. The van der Waals surface area contributed by atoms with E-state index in [1.54, 1.807) is 13.1 Å². The first-order valence-corrected chi connectivity index (χ1v) is 5.75. The van der Waals surface area contributed by atoms with Crippen LogP contribution in [0.1, 0.15) is 6.42 Å². The fraction of sp³-hybridized carbons (Fsp3) is 0.417. The molecule has 1 N–H and O–H groups in total. The van der Waals surface area contributed by atoms with Crippen LogP contribution in [0, 0.1) is 0 Å². The highest BCUT2D eigenvalue weighted by Crippen LogP contribution is 2.28. The van der Waals surface area contributed by atoms with Gasteiger partial charge in [-0.05, 0) is 25.6 Å². The van der Waals surface area contributed by atoms with E-state index < -0.39 is 6.36 Å². The van der Waals surface area contributed by atoms with Gasteiger partial charge in [0.1, 0.15) is 5.75 Å². The van der Waals surface area contributed by atoms with Gasteiger partial charge in [0.2, 0.25) is 5.91 Å². The Bertz CT molecular complexity index is 476. The van der Waals surface area contributed by atoms with Crippen molar-refractivity contribution in [3.05, 3.63) is 24.3 Å². The van der Waals surface area contributed by atoms with E-state index in [-0.39, 0.29) is 17.7 Å². The molecule has 0 saturated carbocycles. The number of rotatable bonds is 3. The molecule has 1 atom stereocenters. The first kappa shape index (κ1) is 13.7. The minimum absolute atomic E-state index is 0.147. The van der Waals surface area contributed by atoms with E-state index in [9.17, 15) is 18.0 Å². The van der Waals surface area contributed by atoms with E-state index in [1.807, 2.05) is 0 Å². The van der Waals surface area contributed by atoms with Crippen molar-refractivity contribution < 1.29 is 22.7 Å². The molecule has 19 heavy (non-hydrogen) atoms. The van der Waals surface area contributed by atoms with Crippen molar-refractivity contribution in [2.24, 2.45) is 0 Å². The van der Waals surface area contributed by atoms with Crippen LogP contribution in [0.5, 0.6) is 5.75 Å². The highest BCUT2D eigenvalue weighted by Gasteiger charge is 2.33. The van der Waals surface area contributed by atoms with Crippen LogP contribution in [-0.2, 0) is 4.79 Å². The third kappa shape index (κ3) is 3.17. The second kappa shape index (κ2) is 5.08. The van der Waals surface area contributed by atoms with Gasteiger partial charge in [-0.2, -0.15) is 0 Å². The van der Waals surface area contributed by atoms with Crippen molar-refractivity contribution in [1.29, 1.82) is 0 Å². The smallest absolute Gasteiger partial charge is 0.406 e. The molecule has 4 nitrogen and oxygen atoms in total. The topological polar surface area (TPSA) is 41.6 Å². The Morgan fingerprint density at radius 1 is 1.42 bits per heavy atom. The minimum Gasteiger partial charge on any atom is -0.406 e. The molecule has 1 fully saturated rings. The predicted octanol–water partition coefficient (Wildman–Crippen LogP) is 1.91. The molecule has 0 unspecified atom stereocenters. The molecule has 1 saturated heterocycles. The molecule has 1 amide bonds. The highest BCUT2D eigenvalue weighted by molar-refractivity contribution is 5.99. The largest absolute Gasteiger partial charge is 0.573 e. The maximum absolute atomic E-state index is 12.1. The Hall–Kier alpha value is -1.76. The number of nitrogens with one attached hydrogen (secondary N) is 1. The summed E-state index contributed by atoms with van der Waals surface area (Å²) in [5.41, 5.74) is 0.407. The van der Waals surface area contributed by atoms with E-state index in [4.69, 9.17) is 0 Å². The maximum atomic E-state index is 12.1. The van der Waals surface area contributed by atoms with Crippen molar-refractivity contribution >= 4 is 11.6 Å². The lowest BCUT2D eigenvalue weighted by atomic mass is 10.2. The lowest BCUT2D eigenvalue weighted by molar-refractivity contribution is -0.274. The van der Waals surface area contributed by atoms with Crippen LogP contribution in [0.3, 0.4) is 0 Å². The normalized spacial score (nSPS) is 19.9. The summed E-state index contributed by atoms with van der Waals surface area (Å²) in [5, 5.41) is 2.86. The summed E-state index contributed by atoms with van der Waals surface area (Å²) >= 11 is 0. The van der Waals surface area contributed by atoms with Crippen LogP contribution in [0.25, 0.3) is 0 Å². The molecule has 0 aliphatic carbocycles. The summed E-state index contributed by atoms with van der Waals surface area (Å²) in [6.07, 6.45) is -4.11. The van der Waals surface area contributed by atoms with Crippen LogP contribution in [0.15, 0.2) is 24.3 Å². The molecule has 1 heterocycles. The predicted molar refractivity (Wildman–Crippen MR) is 62.9 cm³/mol.